The van der Waals surface area contributed by atoms with Crippen LogP contribution in [0.1, 0.15) is 24.5 Å². The molecule has 6 heteroatoms. The van der Waals surface area contributed by atoms with E-state index < -0.39 is 0 Å². The zero-order chi connectivity index (χ0) is 18.5. The summed E-state index contributed by atoms with van der Waals surface area (Å²) in [6.07, 6.45) is 1.05. The Hall–Kier alpha value is -1.79. The van der Waals surface area contributed by atoms with Crippen LogP contribution in [0.15, 0.2) is 23.2 Å². The first-order valence-electron chi connectivity index (χ1n) is 8.95. The number of nitrogens with one attached hydrogen (secondary N) is 2. The first kappa shape index (κ1) is 21.3. The van der Waals surface area contributed by atoms with Crippen molar-refractivity contribution >= 4 is 5.96 Å². The van der Waals surface area contributed by atoms with E-state index in [1.54, 1.807) is 14.2 Å². The lowest BCUT2D eigenvalue weighted by Gasteiger charge is -2.18. The van der Waals surface area contributed by atoms with Gasteiger partial charge in [0.05, 0.1) is 6.61 Å². The molecule has 0 aliphatic rings. The minimum absolute atomic E-state index is 0.689. The summed E-state index contributed by atoms with van der Waals surface area (Å²) in [5, 5.41) is 6.70. The van der Waals surface area contributed by atoms with Gasteiger partial charge in [0.25, 0.3) is 0 Å². The Morgan fingerprint density at radius 3 is 2.68 bits per heavy atom. The summed E-state index contributed by atoms with van der Waals surface area (Å²) in [6.45, 7) is 9.15. The van der Waals surface area contributed by atoms with Crippen molar-refractivity contribution < 1.29 is 9.47 Å². The molecule has 0 heterocycles. The molecule has 142 valence electrons. The van der Waals surface area contributed by atoms with Crippen LogP contribution < -0.4 is 15.4 Å². The molecule has 0 unspecified atom stereocenters. The van der Waals surface area contributed by atoms with E-state index in [4.69, 9.17) is 9.47 Å². The maximum Gasteiger partial charge on any atom is 0.191 e. The minimum Gasteiger partial charge on any atom is -0.494 e. The smallest absolute Gasteiger partial charge is 0.191 e. The van der Waals surface area contributed by atoms with Crippen molar-refractivity contribution in [3.05, 3.63) is 29.3 Å². The maximum atomic E-state index is 5.58. The first-order chi connectivity index (χ1) is 12.1. The van der Waals surface area contributed by atoms with Gasteiger partial charge in [-0.3, -0.25) is 4.99 Å². The number of guanidine groups is 1. The lowest BCUT2D eigenvalue weighted by atomic mass is 10.1. The number of likely N-dealkylation sites (N-methyl/N-ethyl adjacent to an activating group) is 1. The van der Waals surface area contributed by atoms with Gasteiger partial charge >= 0.3 is 0 Å². The van der Waals surface area contributed by atoms with Gasteiger partial charge in [0, 0.05) is 46.9 Å². The number of hydrogen-bond acceptors (Lipinski definition) is 4. The number of rotatable bonds is 11. The Bertz CT molecular complexity index is 520. The third kappa shape index (κ3) is 8.74. The molecule has 0 radical (unpaired) electrons. The number of nitrogens with zero attached hydrogens (tertiary/aromatic N) is 2. The molecule has 0 amide bonds. The highest BCUT2D eigenvalue weighted by atomic mass is 16.5. The van der Waals surface area contributed by atoms with E-state index in [-0.39, 0.29) is 0 Å². The Kier molecular flexibility index (Phi) is 10.7. The lowest BCUT2D eigenvalue weighted by Crippen LogP contribution is -2.40. The van der Waals surface area contributed by atoms with E-state index >= 15 is 0 Å². The van der Waals surface area contributed by atoms with E-state index in [9.17, 15) is 0 Å². The fourth-order valence-electron chi connectivity index (χ4n) is 2.50. The third-order valence-electron chi connectivity index (χ3n) is 3.90. The molecule has 0 saturated heterocycles. The molecule has 1 rings (SSSR count). The molecule has 2 N–H and O–H groups in total. The monoisotopic (exact) mass is 350 g/mol. The Balaban J connectivity index is 2.33. The zero-order valence-electron chi connectivity index (χ0n) is 16.4. The van der Waals surface area contributed by atoms with Crippen molar-refractivity contribution in [3.63, 3.8) is 0 Å². The first-order valence-corrected chi connectivity index (χ1v) is 8.95. The average molecular weight is 351 g/mol. The molecule has 0 aromatic heterocycles. The standard InChI is InChI=1S/C19H34N4O2/c1-6-25-18-9-8-17(14-16(18)2)15-22-19(20-3)21-10-12-23(4)11-7-13-24-5/h8-9,14H,6-7,10-13,15H2,1-5H3,(H2,20,21,22). The molecule has 25 heavy (non-hydrogen) atoms. The van der Waals surface area contributed by atoms with Crippen LogP contribution in [0.3, 0.4) is 0 Å². The predicted molar refractivity (Wildman–Crippen MR) is 105 cm³/mol. The van der Waals surface area contributed by atoms with Crippen molar-refractivity contribution in [2.24, 2.45) is 4.99 Å². The van der Waals surface area contributed by atoms with Crippen LogP contribution in [0, 0.1) is 6.92 Å². The number of aryl methyl sites for hydroxylation is 1. The summed E-state index contributed by atoms with van der Waals surface area (Å²) >= 11 is 0. The molecule has 0 fully saturated rings. The van der Waals surface area contributed by atoms with E-state index in [0.29, 0.717) is 6.61 Å². The predicted octanol–water partition coefficient (Wildman–Crippen LogP) is 2.03. The second-order valence-corrected chi connectivity index (χ2v) is 6.04. The summed E-state index contributed by atoms with van der Waals surface area (Å²) in [6, 6.07) is 6.26. The molecule has 0 aliphatic heterocycles. The number of methoxy groups -OCH3 is 1. The second kappa shape index (κ2) is 12.6. The van der Waals surface area contributed by atoms with Gasteiger partial charge in [-0.25, -0.2) is 0 Å². The largest absolute Gasteiger partial charge is 0.494 e. The lowest BCUT2D eigenvalue weighted by molar-refractivity contribution is 0.180. The summed E-state index contributed by atoms with van der Waals surface area (Å²) in [7, 11) is 5.65. The molecule has 1 aromatic carbocycles. The van der Waals surface area contributed by atoms with Crippen LogP contribution in [0.4, 0.5) is 0 Å². The maximum absolute atomic E-state index is 5.58. The van der Waals surface area contributed by atoms with Gasteiger partial charge in [-0.15, -0.1) is 0 Å². The highest BCUT2D eigenvalue weighted by Crippen LogP contribution is 2.18. The molecule has 0 spiro atoms. The minimum atomic E-state index is 0.689. The molecular formula is C19H34N4O2. The van der Waals surface area contributed by atoms with E-state index in [1.807, 2.05) is 13.0 Å². The molecular weight excluding hydrogens is 316 g/mol. The highest BCUT2D eigenvalue weighted by Gasteiger charge is 2.03. The molecule has 1 aromatic rings. The van der Waals surface area contributed by atoms with Crippen LogP contribution in [-0.2, 0) is 11.3 Å². The van der Waals surface area contributed by atoms with Gasteiger partial charge in [-0.2, -0.15) is 0 Å². The summed E-state index contributed by atoms with van der Waals surface area (Å²) < 4.78 is 10.7. The Morgan fingerprint density at radius 2 is 2.04 bits per heavy atom. The van der Waals surface area contributed by atoms with Gasteiger partial charge in [-0.1, -0.05) is 12.1 Å². The zero-order valence-corrected chi connectivity index (χ0v) is 16.4. The quantitative estimate of drug-likeness (QED) is 0.363. The van der Waals surface area contributed by atoms with E-state index in [0.717, 1.165) is 56.5 Å². The van der Waals surface area contributed by atoms with Crippen LogP contribution in [0.2, 0.25) is 0 Å². The second-order valence-electron chi connectivity index (χ2n) is 6.04. The number of hydrogen-bond donors (Lipinski definition) is 2. The fraction of sp³-hybridized carbons (Fsp3) is 0.632. The summed E-state index contributed by atoms with van der Waals surface area (Å²) in [5.74, 6) is 1.77. The van der Waals surface area contributed by atoms with Gasteiger partial charge in [0.2, 0.25) is 0 Å². The molecule has 6 nitrogen and oxygen atoms in total. The molecule has 0 saturated carbocycles. The van der Waals surface area contributed by atoms with Gasteiger partial charge < -0.3 is 25.0 Å². The Labute approximate surface area is 152 Å². The number of ether oxygens (including phenoxy) is 2. The SMILES string of the molecule is CCOc1ccc(CNC(=NC)NCCN(C)CCCOC)cc1C. The van der Waals surface area contributed by atoms with Crippen LogP contribution in [0.5, 0.6) is 5.75 Å². The van der Waals surface area contributed by atoms with Crippen molar-refractivity contribution in [2.45, 2.75) is 26.8 Å². The highest BCUT2D eigenvalue weighted by molar-refractivity contribution is 5.79. The molecule has 0 atom stereocenters. The van der Waals surface area contributed by atoms with Crippen molar-refractivity contribution in [2.75, 3.05) is 54.1 Å². The summed E-state index contributed by atoms with van der Waals surface area (Å²) in [4.78, 5) is 6.56. The molecule has 0 aliphatic carbocycles. The van der Waals surface area contributed by atoms with Crippen LogP contribution >= 0.6 is 0 Å². The van der Waals surface area contributed by atoms with Crippen molar-refractivity contribution in [3.8, 4) is 5.75 Å². The number of benzene rings is 1. The number of aliphatic imine (C=N–C) groups is 1. The fourth-order valence-corrected chi connectivity index (χ4v) is 2.50. The third-order valence-corrected chi connectivity index (χ3v) is 3.90. The van der Waals surface area contributed by atoms with Gasteiger partial charge in [0.15, 0.2) is 5.96 Å². The van der Waals surface area contributed by atoms with Crippen molar-refractivity contribution in [1.82, 2.24) is 15.5 Å². The topological polar surface area (TPSA) is 58.1 Å². The molecule has 0 bridgehead atoms. The summed E-state index contributed by atoms with van der Waals surface area (Å²) in [5.41, 5.74) is 2.36. The Morgan fingerprint density at radius 1 is 1.24 bits per heavy atom. The average Bonchev–Trinajstić information content (AvgIpc) is 2.60. The normalized spacial score (nSPS) is 11.7. The van der Waals surface area contributed by atoms with Crippen LogP contribution in [0.25, 0.3) is 0 Å². The van der Waals surface area contributed by atoms with Crippen LogP contribution in [-0.4, -0.2) is 64.9 Å². The van der Waals surface area contributed by atoms with E-state index in [2.05, 4.69) is 46.6 Å². The van der Waals surface area contributed by atoms with Gasteiger partial charge in [0.1, 0.15) is 5.75 Å². The van der Waals surface area contributed by atoms with E-state index in [1.165, 1.54) is 5.56 Å². The van der Waals surface area contributed by atoms with Gasteiger partial charge in [-0.05, 0) is 44.5 Å². The van der Waals surface area contributed by atoms with Crippen molar-refractivity contribution in [1.29, 1.82) is 0 Å².